The normalized spacial score (nSPS) is 27.7. The minimum Gasteiger partial charge on any atom is -0.144 e. The highest BCUT2D eigenvalue weighted by atomic mass is 35.5. The molecular weight excluding hydrogens is 212 g/mol. The van der Waals surface area contributed by atoms with E-state index in [2.05, 4.69) is 26.8 Å². The Hall–Kier alpha value is -0.0100. The molecule has 2 heteroatoms. The van der Waals surface area contributed by atoms with Crippen LogP contribution in [0.15, 0.2) is 6.07 Å². The molecule has 14 heavy (non-hydrogen) atoms. The van der Waals surface area contributed by atoms with Crippen LogP contribution >= 0.6 is 22.9 Å². The predicted octanol–water partition coefficient (Wildman–Crippen LogP) is 4.69. The van der Waals surface area contributed by atoms with Gasteiger partial charge in [-0.1, -0.05) is 13.3 Å². The molecule has 0 radical (unpaired) electrons. The number of halogens is 1. The van der Waals surface area contributed by atoms with E-state index in [9.17, 15) is 0 Å². The molecule has 1 aromatic rings. The lowest BCUT2D eigenvalue weighted by Crippen LogP contribution is -1.93. The molecule has 1 fully saturated rings. The van der Waals surface area contributed by atoms with Gasteiger partial charge in [-0.15, -0.1) is 22.9 Å². The fourth-order valence-electron chi connectivity index (χ4n) is 2.23. The average molecular weight is 229 g/mol. The van der Waals surface area contributed by atoms with E-state index in [1.165, 1.54) is 28.2 Å². The Morgan fingerprint density at radius 2 is 2.29 bits per heavy atom. The Kier molecular flexibility index (Phi) is 2.90. The van der Waals surface area contributed by atoms with Gasteiger partial charge in [-0.05, 0) is 43.7 Å². The molecule has 78 valence electrons. The average Bonchev–Trinajstić information content (AvgIpc) is 2.85. The lowest BCUT2D eigenvalue weighted by molar-refractivity contribution is 0.666. The molecule has 1 saturated carbocycles. The van der Waals surface area contributed by atoms with E-state index in [1.807, 2.05) is 11.3 Å². The van der Waals surface area contributed by atoms with Crippen LogP contribution in [-0.2, 0) is 0 Å². The van der Waals surface area contributed by atoms with Crippen molar-refractivity contribution in [2.45, 2.75) is 39.0 Å². The largest absolute Gasteiger partial charge is 0.144 e. The maximum atomic E-state index is 6.51. The second-order valence-electron chi connectivity index (χ2n) is 4.37. The van der Waals surface area contributed by atoms with E-state index >= 15 is 0 Å². The zero-order valence-corrected chi connectivity index (χ0v) is 10.6. The Balaban J connectivity index is 2.12. The van der Waals surface area contributed by atoms with Gasteiger partial charge in [0.2, 0.25) is 0 Å². The molecule has 1 aromatic heterocycles. The standard InChI is InChI=1S/C12H17ClS/c1-4-9-6-10(9)11(13)12-7(2)5-8(3)14-12/h5,9-11H,4,6H2,1-3H3. The monoisotopic (exact) mass is 228 g/mol. The highest BCUT2D eigenvalue weighted by Gasteiger charge is 2.42. The summed E-state index contributed by atoms with van der Waals surface area (Å²) in [5.74, 6) is 1.64. The van der Waals surface area contributed by atoms with Crippen LogP contribution in [0.4, 0.5) is 0 Å². The zero-order valence-electron chi connectivity index (χ0n) is 9.01. The molecule has 2 rings (SSSR count). The molecule has 1 heterocycles. The maximum absolute atomic E-state index is 6.51. The van der Waals surface area contributed by atoms with E-state index in [-0.39, 0.29) is 5.38 Å². The van der Waals surface area contributed by atoms with Gasteiger partial charge in [0.05, 0.1) is 5.38 Å². The highest BCUT2D eigenvalue weighted by Crippen LogP contribution is 2.53. The highest BCUT2D eigenvalue weighted by molar-refractivity contribution is 7.12. The van der Waals surface area contributed by atoms with Crippen LogP contribution in [0.2, 0.25) is 0 Å². The molecule has 3 unspecified atom stereocenters. The molecule has 0 amide bonds. The number of thiophene rings is 1. The van der Waals surface area contributed by atoms with E-state index in [1.54, 1.807) is 0 Å². The second-order valence-corrected chi connectivity index (χ2v) is 6.13. The molecule has 0 nitrogen and oxygen atoms in total. The summed E-state index contributed by atoms with van der Waals surface area (Å²) in [6.45, 7) is 6.60. The Morgan fingerprint density at radius 1 is 1.57 bits per heavy atom. The minimum absolute atomic E-state index is 0.277. The minimum atomic E-state index is 0.277. The van der Waals surface area contributed by atoms with Gasteiger partial charge in [0.15, 0.2) is 0 Å². The summed E-state index contributed by atoms with van der Waals surface area (Å²) < 4.78 is 0. The van der Waals surface area contributed by atoms with E-state index in [4.69, 9.17) is 11.6 Å². The lowest BCUT2D eigenvalue weighted by Gasteiger charge is -2.07. The van der Waals surface area contributed by atoms with Crippen LogP contribution in [0.5, 0.6) is 0 Å². The zero-order chi connectivity index (χ0) is 10.3. The molecule has 1 aliphatic rings. The van der Waals surface area contributed by atoms with Crippen LogP contribution < -0.4 is 0 Å². The van der Waals surface area contributed by atoms with Crippen molar-refractivity contribution in [3.05, 3.63) is 21.4 Å². The second kappa shape index (κ2) is 3.86. The molecule has 0 spiro atoms. The van der Waals surface area contributed by atoms with Crippen molar-refractivity contribution in [3.8, 4) is 0 Å². The number of rotatable bonds is 3. The molecule has 1 aliphatic carbocycles. The van der Waals surface area contributed by atoms with Crippen LogP contribution in [0.25, 0.3) is 0 Å². The molecule has 0 N–H and O–H groups in total. The first kappa shape index (κ1) is 10.5. The van der Waals surface area contributed by atoms with Gasteiger partial charge in [0.25, 0.3) is 0 Å². The molecule has 0 aliphatic heterocycles. The molecular formula is C12H17ClS. The first-order valence-corrected chi connectivity index (χ1v) is 6.59. The Bertz CT molecular complexity index is 329. The quantitative estimate of drug-likeness (QED) is 0.659. The summed E-state index contributed by atoms with van der Waals surface area (Å²) in [5, 5.41) is 0.277. The third-order valence-electron chi connectivity index (χ3n) is 3.21. The fourth-order valence-corrected chi connectivity index (χ4v) is 3.93. The van der Waals surface area contributed by atoms with E-state index in [0.29, 0.717) is 0 Å². The SMILES string of the molecule is CCC1CC1C(Cl)c1sc(C)cc1C. The summed E-state index contributed by atoms with van der Waals surface area (Å²) in [6, 6.07) is 2.25. The third-order valence-corrected chi connectivity index (χ3v) is 5.11. The van der Waals surface area contributed by atoms with Gasteiger partial charge in [-0.3, -0.25) is 0 Å². The van der Waals surface area contributed by atoms with Crippen molar-refractivity contribution in [2.75, 3.05) is 0 Å². The maximum Gasteiger partial charge on any atom is 0.0712 e. The third kappa shape index (κ3) is 1.85. The van der Waals surface area contributed by atoms with Gasteiger partial charge in [-0.25, -0.2) is 0 Å². The van der Waals surface area contributed by atoms with Crippen molar-refractivity contribution in [3.63, 3.8) is 0 Å². The number of aryl methyl sites for hydroxylation is 2. The summed E-state index contributed by atoms with van der Waals surface area (Å²) in [6.07, 6.45) is 2.62. The van der Waals surface area contributed by atoms with Crippen molar-refractivity contribution in [1.82, 2.24) is 0 Å². The van der Waals surface area contributed by atoms with Crippen molar-refractivity contribution >= 4 is 22.9 Å². The van der Waals surface area contributed by atoms with E-state index < -0.39 is 0 Å². The van der Waals surface area contributed by atoms with Gasteiger partial charge in [0, 0.05) is 9.75 Å². The topological polar surface area (TPSA) is 0 Å². The summed E-state index contributed by atoms with van der Waals surface area (Å²) >= 11 is 8.38. The molecule has 0 saturated heterocycles. The van der Waals surface area contributed by atoms with E-state index in [0.717, 1.165) is 11.8 Å². The molecule has 3 atom stereocenters. The Morgan fingerprint density at radius 3 is 2.71 bits per heavy atom. The van der Waals surface area contributed by atoms with Crippen molar-refractivity contribution in [2.24, 2.45) is 11.8 Å². The van der Waals surface area contributed by atoms with Crippen molar-refractivity contribution < 1.29 is 0 Å². The van der Waals surface area contributed by atoms with Crippen LogP contribution in [0.1, 0.15) is 40.5 Å². The number of alkyl halides is 1. The summed E-state index contributed by atoms with van der Waals surface area (Å²) in [7, 11) is 0. The fraction of sp³-hybridized carbons (Fsp3) is 0.667. The van der Waals surface area contributed by atoms with Gasteiger partial charge < -0.3 is 0 Å². The van der Waals surface area contributed by atoms with Gasteiger partial charge in [0.1, 0.15) is 0 Å². The lowest BCUT2D eigenvalue weighted by atomic mass is 10.1. The summed E-state index contributed by atoms with van der Waals surface area (Å²) in [4.78, 5) is 2.79. The van der Waals surface area contributed by atoms with Crippen LogP contribution in [0.3, 0.4) is 0 Å². The smallest absolute Gasteiger partial charge is 0.0712 e. The summed E-state index contributed by atoms with van der Waals surface area (Å²) in [5.41, 5.74) is 1.38. The van der Waals surface area contributed by atoms with Gasteiger partial charge in [-0.2, -0.15) is 0 Å². The van der Waals surface area contributed by atoms with Crippen LogP contribution in [0, 0.1) is 25.7 Å². The van der Waals surface area contributed by atoms with Gasteiger partial charge >= 0.3 is 0 Å². The van der Waals surface area contributed by atoms with Crippen molar-refractivity contribution in [1.29, 1.82) is 0 Å². The Labute approximate surface area is 95.3 Å². The molecule has 0 aromatic carbocycles. The number of hydrogen-bond donors (Lipinski definition) is 0. The first-order valence-electron chi connectivity index (χ1n) is 5.34. The predicted molar refractivity (Wildman–Crippen MR) is 64.3 cm³/mol. The van der Waals surface area contributed by atoms with Crippen LogP contribution in [-0.4, -0.2) is 0 Å². The molecule has 0 bridgehead atoms. The first-order chi connectivity index (χ1) is 6.63. The number of hydrogen-bond acceptors (Lipinski definition) is 1.